The molecule has 11 heteroatoms. The molecule has 154 valence electrons. The average Bonchev–Trinajstić information content (AvgIpc) is 3.27. The average molecular weight is 416 g/mol. The summed E-state index contributed by atoms with van der Waals surface area (Å²) in [7, 11) is 0. The van der Waals surface area contributed by atoms with Crippen molar-refractivity contribution >= 4 is 11.9 Å². The van der Waals surface area contributed by atoms with Crippen molar-refractivity contribution in [1.82, 2.24) is 30.4 Å². The zero-order valence-electron chi connectivity index (χ0n) is 15.6. The van der Waals surface area contributed by atoms with E-state index in [1.54, 1.807) is 24.3 Å². The minimum atomic E-state index is -4.57. The second-order valence-electron chi connectivity index (χ2n) is 6.87. The van der Waals surface area contributed by atoms with E-state index in [0.717, 1.165) is 17.0 Å². The molecule has 0 aliphatic carbocycles. The summed E-state index contributed by atoms with van der Waals surface area (Å²) in [5.74, 6) is -0.479. The molecule has 4 rings (SSSR count). The first-order valence-electron chi connectivity index (χ1n) is 8.85. The van der Waals surface area contributed by atoms with Crippen molar-refractivity contribution in [3.63, 3.8) is 0 Å². The Labute approximate surface area is 168 Å². The van der Waals surface area contributed by atoms with E-state index in [-0.39, 0.29) is 17.9 Å². The highest BCUT2D eigenvalue weighted by Gasteiger charge is 2.50. The third-order valence-electron chi connectivity index (χ3n) is 4.88. The van der Waals surface area contributed by atoms with E-state index in [0.29, 0.717) is 5.69 Å². The maximum absolute atomic E-state index is 13.1. The van der Waals surface area contributed by atoms with Crippen molar-refractivity contribution in [2.75, 3.05) is 0 Å². The third-order valence-corrected chi connectivity index (χ3v) is 4.88. The number of halogens is 3. The van der Waals surface area contributed by atoms with Gasteiger partial charge in [-0.05, 0) is 47.2 Å². The molecule has 1 atom stereocenters. The van der Waals surface area contributed by atoms with Crippen molar-refractivity contribution < 1.29 is 22.8 Å². The van der Waals surface area contributed by atoms with E-state index >= 15 is 0 Å². The number of aromatic nitrogens is 4. The van der Waals surface area contributed by atoms with Gasteiger partial charge >= 0.3 is 12.2 Å². The molecule has 0 bridgehead atoms. The van der Waals surface area contributed by atoms with Gasteiger partial charge in [-0.25, -0.2) is 4.79 Å². The normalized spacial score (nSPS) is 19.3. The maximum atomic E-state index is 13.1. The molecule has 2 heterocycles. The maximum Gasteiger partial charge on any atom is 0.416 e. The number of hydrogen-bond acceptors (Lipinski definition) is 5. The van der Waals surface area contributed by atoms with Crippen LogP contribution in [0.4, 0.5) is 18.0 Å². The van der Waals surface area contributed by atoms with Crippen LogP contribution in [-0.2, 0) is 23.1 Å². The highest BCUT2D eigenvalue weighted by molar-refractivity contribution is 6.07. The Bertz CT molecular complexity index is 1110. The molecule has 3 aromatic rings. The highest BCUT2D eigenvalue weighted by atomic mass is 19.4. The van der Waals surface area contributed by atoms with E-state index < -0.39 is 29.2 Å². The van der Waals surface area contributed by atoms with E-state index in [2.05, 4.69) is 20.8 Å². The Balaban J connectivity index is 1.64. The fourth-order valence-corrected chi connectivity index (χ4v) is 3.26. The van der Waals surface area contributed by atoms with Crippen LogP contribution in [0.2, 0.25) is 0 Å². The summed E-state index contributed by atoms with van der Waals surface area (Å²) >= 11 is 0. The number of urea groups is 1. The molecule has 0 spiro atoms. The van der Waals surface area contributed by atoms with Crippen LogP contribution in [0.25, 0.3) is 5.69 Å². The molecule has 0 radical (unpaired) electrons. The van der Waals surface area contributed by atoms with Crippen LogP contribution < -0.4 is 5.32 Å². The molecule has 30 heavy (non-hydrogen) atoms. The third kappa shape index (κ3) is 3.27. The lowest BCUT2D eigenvalue weighted by Crippen LogP contribution is -2.41. The predicted octanol–water partition coefficient (Wildman–Crippen LogP) is 2.65. The van der Waals surface area contributed by atoms with Crippen molar-refractivity contribution in [3.05, 3.63) is 71.5 Å². The first kappa shape index (κ1) is 19.6. The lowest BCUT2D eigenvalue weighted by molar-refractivity contribution is -0.138. The quantitative estimate of drug-likeness (QED) is 0.660. The van der Waals surface area contributed by atoms with Crippen LogP contribution in [0.3, 0.4) is 0 Å². The lowest BCUT2D eigenvalue weighted by Gasteiger charge is -2.23. The number of nitrogens with one attached hydrogen (secondary N) is 1. The Kier molecular flexibility index (Phi) is 4.52. The van der Waals surface area contributed by atoms with Crippen LogP contribution in [0, 0.1) is 0 Å². The van der Waals surface area contributed by atoms with Gasteiger partial charge in [-0.3, -0.25) is 9.69 Å². The molecule has 0 saturated carbocycles. The number of hydrogen-bond donors (Lipinski definition) is 1. The number of nitrogens with zero attached hydrogens (tertiary/aromatic N) is 5. The molecule has 8 nitrogen and oxygen atoms in total. The van der Waals surface area contributed by atoms with Crippen molar-refractivity contribution in [2.24, 2.45) is 0 Å². The Morgan fingerprint density at radius 2 is 1.80 bits per heavy atom. The SMILES string of the molecule is CC1(c2cccc(C(F)(F)F)c2)NC(=O)N(Cc2nnnn2-c2ccccc2)C1=O. The largest absolute Gasteiger partial charge is 0.416 e. The van der Waals surface area contributed by atoms with Crippen LogP contribution in [0.15, 0.2) is 54.6 Å². The van der Waals surface area contributed by atoms with E-state index in [4.69, 9.17) is 0 Å². The van der Waals surface area contributed by atoms with Crippen LogP contribution >= 0.6 is 0 Å². The number of carbonyl (C=O) groups is 2. The van der Waals surface area contributed by atoms with Crippen LogP contribution in [-0.4, -0.2) is 37.0 Å². The van der Waals surface area contributed by atoms with Gasteiger partial charge in [-0.15, -0.1) is 5.10 Å². The van der Waals surface area contributed by atoms with Crippen LogP contribution in [0.1, 0.15) is 23.9 Å². The molecule has 1 N–H and O–H groups in total. The fraction of sp³-hybridized carbons (Fsp3) is 0.211. The molecule has 1 aliphatic rings. The topological polar surface area (TPSA) is 93.0 Å². The van der Waals surface area contributed by atoms with Crippen LogP contribution in [0.5, 0.6) is 0 Å². The highest BCUT2D eigenvalue weighted by Crippen LogP contribution is 2.35. The van der Waals surface area contributed by atoms with Gasteiger partial charge in [0.15, 0.2) is 5.82 Å². The van der Waals surface area contributed by atoms with Gasteiger partial charge in [-0.2, -0.15) is 17.9 Å². The van der Waals surface area contributed by atoms with E-state index in [9.17, 15) is 22.8 Å². The zero-order chi connectivity index (χ0) is 21.5. The number of carbonyl (C=O) groups excluding carboxylic acids is 2. The zero-order valence-corrected chi connectivity index (χ0v) is 15.6. The number of para-hydroxylation sites is 1. The standard InChI is InChI=1S/C19H15F3N6O2/c1-18(12-6-5-7-13(10-12)19(20,21)22)16(29)27(17(30)23-18)11-15-24-25-26-28(15)14-8-3-2-4-9-14/h2-10H,11H2,1H3,(H,23,30). The molecule has 1 unspecified atom stereocenters. The first-order chi connectivity index (χ1) is 14.2. The smallest absolute Gasteiger partial charge is 0.319 e. The molecular weight excluding hydrogens is 401 g/mol. The van der Waals surface area contributed by atoms with Crippen molar-refractivity contribution in [1.29, 1.82) is 0 Å². The monoisotopic (exact) mass is 416 g/mol. The predicted molar refractivity (Wildman–Crippen MR) is 97.0 cm³/mol. The number of tetrazole rings is 1. The molecule has 1 saturated heterocycles. The number of imide groups is 1. The summed E-state index contributed by atoms with van der Waals surface area (Å²) in [6.45, 7) is 1.12. The van der Waals surface area contributed by atoms with E-state index in [1.807, 2.05) is 6.07 Å². The van der Waals surface area contributed by atoms with Crippen molar-refractivity contribution in [2.45, 2.75) is 25.2 Å². The van der Waals surface area contributed by atoms with Gasteiger partial charge in [0, 0.05) is 0 Å². The van der Waals surface area contributed by atoms with Gasteiger partial charge in [0.1, 0.15) is 5.54 Å². The molecule has 3 amide bonds. The van der Waals surface area contributed by atoms with Gasteiger partial charge in [0.2, 0.25) is 0 Å². The van der Waals surface area contributed by atoms with Gasteiger partial charge in [-0.1, -0.05) is 30.3 Å². The summed E-state index contributed by atoms with van der Waals surface area (Å²) < 4.78 is 40.6. The molecular formula is C19H15F3N6O2. The van der Waals surface area contributed by atoms with Gasteiger partial charge in [0.25, 0.3) is 5.91 Å². The summed E-state index contributed by atoms with van der Waals surface area (Å²) in [4.78, 5) is 26.5. The van der Waals surface area contributed by atoms with Crippen molar-refractivity contribution in [3.8, 4) is 5.69 Å². The molecule has 1 aromatic heterocycles. The fourth-order valence-electron chi connectivity index (χ4n) is 3.26. The molecule has 1 fully saturated rings. The number of rotatable bonds is 4. The minimum absolute atomic E-state index is 0.0285. The summed E-state index contributed by atoms with van der Waals surface area (Å²) in [6.07, 6.45) is -4.57. The number of alkyl halides is 3. The summed E-state index contributed by atoms with van der Waals surface area (Å²) in [6, 6.07) is 12.4. The first-order valence-corrected chi connectivity index (χ1v) is 8.85. The summed E-state index contributed by atoms with van der Waals surface area (Å²) in [5.41, 5.74) is -1.90. The van der Waals surface area contributed by atoms with E-state index in [1.165, 1.54) is 23.7 Å². The Morgan fingerprint density at radius 1 is 1.07 bits per heavy atom. The van der Waals surface area contributed by atoms with Gasteiger partial charge < -0.3 is 5.32 Å². The molecule has 2 aromatic carbocycles. The number of amides is 3. The lowest BCUT2D eigenvalue weighted by atomic mass is 9.90. The second-order valence-corrected chi connectivity index (χ2v) is 6.87. The van der Waals surface area contributed by atoms with Gasteiger partial charge in [0.05, 0.1) is 17.8 Å². The minimum Gasteiger partial charge on any atom is -0.319 e. The Morgan fingerprint density at radius 3 is 2.50 bits per heavy atom. The Hall–Kier alpha value is -3.76. The summed E-state index contributed by atoms with van der Waals surface area (Å²) in [5, 5.41) is 13.8. The molecule has 1 aliphatic heterocycles. The second kappa shape index (κ2) is 6.94. The number of benzene rings is 2.